The van der Waals surface area contributed by atoms with Crippen LogP contribution in [-0.4, -0.2) is 11.5 Å². The number of benzene rings is 1. The van der Waals surface area contributed by atoms with Crippen LogP contribution in [0.15, 0.2) is 18.2 Å². The highest BCUT2D eigenvalue weighted by Crippen LogP contribution is 2.29. The molecule has 0 aliphatic heterocycles. The summed E-state index contributed by atoms with van der Waals surface area (Å²) in [6, 6.07) is 5.32. The lowest BCUT2D eigenvalue weighted by Gasteiger charge is -1.99. The fourth-order valence-corrected chi connectivity index (χ4v) is 3.00. The fourth-order valence-electron chi connectivity index (χ4n) is 1.89. The van der Waals surface area contributed by atoms with E-state index in [9.17, 15) is 4.39 Å². The molecule has 1 N–H and O–H groups in total. The zero-order chi connectivity index (χ0) is 13.8. The summed E-state index contributed by atoms with van der Waals surface area (Å²) >= 11 is 1.65. The Hall–Kier alpha value is -1.26. The van der Waals surface area contributed by atoms with Crippen molar-refractivity contribution in [2.45, 2.75) is 33.7 Å². The van der Waals surface area contributed by atoms with Gasteiger partial charge in [-0.3, -0.25) is 0 Å². The van der Waals surface area contributed by atoms with Crippen molar-refractivity contribution in [2.75, 3.05) is 6.54 Å². The summed E-state index contributed by atoms with van der Waals surface area (Å²) < 4.78 is 13.6. The molecular formula is C15H19FN2S. The molecule has 0 saturated heterocycles. The third-order valence-corrected chi connectivity index (χ3v) is 4.21. The second kappa shape index (κ2) is 6.26. The number of nitrogens with one attached hydrogen (secondary N) is 1. The molecular weight excluding hydrogens is 259 g/mol. The van der Waals surface area contributed by atoms with Gasteiger partial charge in [-0.15, -0.1) is 11.3 Å². The van der Waals surface area contributed by atoms with Crippen LogP contribution in [-0.2, 0) is 13.0 Å². The van der Waals surface area contributed by atoms with Gasteiger partial charge in [0, 0.05) is 17.0 Å². The van der Waals surface area contributed by atoms with E-state index in [0.29, 0.717) is 5.56 Å². The molecule has 2 rings (SSSR count). The topological polar surface area (TPSA) is 24.9 Å². The van der Waals surface area contributed by atoms with Gasteiger partial charge in [0.2, 0.25) is 0 Å². The molecule has 0 atom stereocenters. The molecule has 1 aromatic carbocycles. The van der Waals surface area contributed by atoms with E-state index in [0.717, 1.165) is 35.8 Å². The first kappa shape index (κ1) is 14.2. The number of halogens is 1. The number of hydrogen-bond acceptors (Lipinski definition) is 3. The van der Waals surface area contributed by atoms with Gasteiger partial charge in [0.15, 0.2) is 0 Å². The van der Waals surface area contributed by atoms with Gasteiger partial charge in [-0.05, 0) is 31.5 Å². The second-order valence-corrected chi connectivity index (χ2v) is 5.57. The van der Waals surface area contributed by atoms with Crippen LogP contribution < -0.4 is 5.32 Å². The SMILES string of the molecule is CCNCc1sc(-c2ccc(C)c(F)c2)nc1CC. The van der Waals surface area contributed by atoms with Crippen molar-refractivity contribution >= 4 is 11.3 Å². The molecule has 2 aromatic rings. The Bertz CT molecular complexity index is 563. The number of thiazole rings is 1. The Labute approximate surface area is 117 Å². The van der Waals surface area contributed by atoms with E-state index in [4.69, 9.17) is 0 Å². The van der Waals surface area contributed by atoms with Gasteiger partial charge in [0.1, 0.15) is 10.8 Å². The fraction of sp³-hybridized carbons (Fsp3) is 0.400. The van der Waals surface area contributed by atoms with Crippen molar-refractivity contribution in [1.29, 1.82) is 0 Å². The molecule has 0 saturated carbocycles. The summed E-state index contributed by atoms with van der Waals surface area (Å²) in [5.74, 6) is -0.168. The van der Waals surface area contributed by atoms with Crippen molar-refractivity contribution < 1.29 is 4.39 Å². The van der Waals surface area contributed by atoms with Crippen LogP contribution in [0.5, 0.6) is 0 Å². The lowest BCUT2D eigenvalue weighted by Crippen LogP contribution is -2.11. The lowest BCUT2D eigenvalue weighted by molar-refractivity contribution is 0.619. The van der Waals surface area contributed by atoms with Gasteiger partial charge < -0.3 is 5.32 Å². The smallest absolute Gasteiger partial charge is 0.126 e. The summed E-state index contributed by atoms with van der Waals surface area (Å²) in [6.07, 6.45) is 0.908. The average Bonchev–Trinajstić information content (AvgIpc) is 2.82. The van der Waals surface area contributed by atoms with Crippen molar-refractivity contribution in [3.8, 4) is 10.6 Å². The molecule has 4 heteroatoms. The maximum atomic E-state index is 13.6. The van der Waals surface area contributed by atoms with Crippen LogP contribution in [0.2, 0.25) is 0 Å². The zero-order valence-electron chi connectivity index (χ0n) is 11.6. The Morgan fingerprint density at radius 3 is 2.74 bits per heavy atom. The van der Waals surface area contributed by atoms with E-state index in [1.807, 2.05) is 12.1 Å². The Morgan fingerprint density at radius 1 is 1.32 bits per heavy atom. The number of hydrogen-bond donors (Lipinski definition) is 1. The van der Waals surface area contributed by atoms with Crippen LogP contribution in [0.4, 0.5) is 4.39 Å². The van der Waals surface area contributed by atoms with E-state index in [-0.39, 0.29) is 5.82 Å². The highest BCUT2D eigenvalue weighted by Gasteiger charge is 2.12. The van der Waals surface area contributed by atoms with Crippen LogP contribution in [0.25, 0.3) is 10.6 Å². The first-order chi connectivity index (χ1) is 9.15. The Balaban J connectivity index is 2.33. The summed E-state index contributed by atoms with van der Waals surface area (Å²) in [5, 5.41) is 4.23. The molecule has 1 heterocycles. The number of nitrogens with zero attached hydrogens (tertiary/aromatic N) is 1. The molecule has 0 fully saturated rings. The van der Waals surface area contributed by atoms with Gasteiger partial charge in [-0.1, -0.05) is 26.0 Å². The van der Waals surface area contributed by atoms with E-state index in [2.05, 4.69) is 24.1 Å². The van der Waals surface area contributed by atoms with Crippen molar-refractivity contribution in [3.05, 3.63) is 40.2 Å². The largest absolute Gasteiger partial charge is 0.312 e. The second-order valence-electron chi connectivity index (χ2n) is 4.49. The molecule has 0 radical (unpaired) electrons. The molecule has 0 amide bonds. The summed E-state index contributed by atoms with van der Waals surface area (Å²) in [5.41, 5.74) is 2.65. The van der Waals surface area contributed by atoms with E-state index in [1.165, 1.54) is 4.88 Å². The minimum atomic E-state index is -0.168. The third-order valence-electron chi connectivity index (χ3n) is 3.07. The van der Waals surface area contributed by atoms with Crippen LogP contribution >= 0.6 is 11.3 Å². The molecule has 19 heavy (non-hydrogen) atoms. The molecule has 0 unspecified atom stereocenters. The van der Waals surface area contributed by atoms with Crippen LogP contribution in [0, 0.1) is 12.7 Å². The van der Waals surface area contributed by atoms with Gasteiger partial charge in [-0.25, -0.2) is 9.37 Å². The zero-order valence-corrected chi connectivity index (χ0v) is 12.4. The Kier molecular flexibility index (Phi) is 4.66. The minimum Gasteiger partial charge on any atom is -0.312 e. The monoisotopic (exact) mass is 278 g/mol. The third kappa shape index (κ3) is 3.19. The molecule has 102 valence electrons. The Morgan fingerprint density at radius 2 is 2.11 bits per heavy atom. The summed E-state index contributed by atoms with van der Waals surface area (Å²) in [7, 11) is 0. The highest BCUT2D eigenvalue weighted by atomic mass is 32.1. The molecule has 0 bridgehead atoms. The molecule has 2 nitrogen and oxygen atoms in total. The minimum absolute atomic E-state index is 0.168. The summed E-state index contributed by atoms with van der Waals surface area (Å²) in [4.78, 5) is 5.88. The van der Waals surface area contributed by atoms with Gasteiger partial charge in [0.05, 0.1) is 5.69 Å². The van der Waals surface area contributed by atoms with Crippen LogP contribution in [0.1, 0.15) is 30.0 Å². The maximum absolute atomic E-state index is 13.6. The number of aromatic nitrogens is 1. The summed E-state index contributed by atoms with van der Waals surface area (Å²) in [6.45, 7) is 7.74. The van der Waals surface area contributed by atoms with E-state index < -0.39 is 0 Å². The van der Waals surface area contributed by atoms with E-state index in [1.54, 1.807) is 24.3 Å². The van der Waals surface area contributed by atoms with Crippen molar-refractivity contribution in [1.82, 2.24) is 10.3 Å². The van der Waals surface area contributed by atoms with Crippen molar-refractivity contribution in [3.63, 3.8) is 0 Å². The lowest BCUT2D eigenvalue weighted by atomic mass is 10.1. The van der Waals surface area contributed by atoms with Gasteiger partial charge >= 0.3 is 0 Å². The quantitative estimate of drug-likeness (QED) is 0.896. The molecule has 0 aliphatic rings. The first-order valence-electron chi connectivity index (χ1n) is 6.61. The standard InChI is InChI=1S/C15H19FN2S/c1-4-13-14(9-17-5-2)19-15(18-13)11-7-6-10(3)12(16)8-11/h6-8,17H,4-5,9H2,1-3H3. The predicted octanol–water partition coefficient (Wildman–Crippen LogP) is 3.93. The van der Waals surface area contributed by atoms with E-state index >= 15 is 0 Å². The van der Waals surface area contributed by atoms with Crippen molar-refractivity contribution in [2.24, 2.45) is 0 Å². The van der Waals surface area contributed by atoms with Crippen LogP contribution in [0.3, 0.4) is 0 Å². The predicted molar refractivity (Wildman–Crippen MR) is 79.0 cm³/mol. The van der Waals surface area contributed by atoms with Gasteiger partial charge in [-0.2, -0.15) is 0 Å². The average molecular weight is 278 g/mol. The number of aryl methyl sites for hydroxylation is 2. The molecule has 0 aliphatic carbocycles. The first-order valence-corrected chi connectivity index (χ1v) is 7.43. The molecule has 1 aromatic heterocycles. The highest BCUT2D eigenvalue weighted by molar-refractivity contribution is 7.15. The van der Waals surface area contributed by atoms with Gasteiger partial charge in [0.25, 0.3) is 0 Å². The number of rotatable bonds is 5. The molecule has 0 spiro atoms. The maximum Gasteiger partial charge on any atom is 0.126 e. The normalized spacial score (nSPS) is 10.9.